The fourth-order valence-electron chi connectivity index (χ4n) is 2.89. The first-order valence-corrected chi connectivity index (χ1v) is 11.0. The monoisotopic (exact) mass is 431 g/mol. The summed E-state index contributed by atoms with van der Waals surface area (Å²) in [6, 6.07) is 3.86. The van der Waals surface area contributed by atoms with Crippen LogP contribution < -0.4 is 9.84 Å². The second-order valence-electron chi connectivity index (χ2n) is 7.78. The van der Waals surface area contributed by atoms with E-state index in [0.717, 1.165) is 16.7 Å². The van der Waals surface area contributed by atoms with Crippen LogP contribution in [0, 0.1) is 19.3 Å². The molecule has 1 aromatic rings. The number of aliphatic hydroxyl groups is 1. The van der Waals surface area contributed by atoms with Crippen molar-refractivity contribution in [3.8, 4) is 5.75 Å². The number of methoxy groups -OCH3 is 1. The Hall–Kier alpha value is -1.77. The van der Waals surface area contributed by atoms with E-state index in [-0.39, 0.29) is 26.2 Å². The minimum atomic E-state index is -3.98. The summed E-state index contributed by atoms with van der Waals surface area (Å²) in [7, 11) is -2.72. The van der Waals surface area contributed by atoms with E-state index in [2.05, 4.69) is 10.1 Å². The van der Waals surface area contributed by atoms with Crippen LogP contribution in [-0.4, -0.2) is 48.2 Å². The molecule has 1 aliphatic rings. The van der Waals surface area contributed by atoms with Gasteiger partial charge in [-0.3, -0.25) is 0 Å². The standard InChI is InChI=1S/C19H30NO8P/c1-12-8-13(2)16-14(9-12)10-26-29(24,28-16)27-11-19(3,4)17(22)18(23)20-7-6-15(21)25-5/h8-9,17,22,24,29H,6-7,10-11H2,1-5H3,(H,20,23)/t17-/m0/s1. The molecule has 0 fully saturated rings. The van der Waals surface area contributed by atoms with Gasteiger partial charge < -0.3 is 0 Å². The summed E-state index contributed by atoms with van der Waals surface area (Å²) in [5, 5.41) is 12.8. The van der Waals surface area contributed by atoms with Crippen molar-refractivity contribution >= 4 is 20.0 Å². The van der Waals surface area contributed by atoms with Gasteiger partial charge in [0, 0.05) is 0 Å². The van der Waals surface area contributed by atoms with Crippen molar-refractivity contribution < 1.29 is 37.9 Å². The number of fused-ring (bicyclic) bond motifs is 1. The second-order valence-corrected chi connectivity index (χ2v) is 9.61. The summed E-state index contributed by atoms with van der Waals surface area (Å²) >= 11 is 0. The van der Waals surface area contributed by atoms with Crippen LogP contribution in [0.1, 0.15) is 37.0 Å². The van der Waals surface area contributed by atoms with Gasteiger partial charge in [-0.25, -0.2) is 0 Å². The average Bonchev–Trinajstić information content (AvgIpc) is 2.66. The first kappa shape index (κ1) is 23.5. The fourth-order valence-corrected chi connectivity index (χ4v) is 4.54. The molecule has 2 rings (SSSR count). The Bertz CT molecular complexity index is 769. The number of ether oxygens (including phenoxy) is 1. The zero-order valence-corrected chi connectivity index (χ0v) is 18.4. The molecule has 29 heavy (non-hydrogen) atoms. The third-order valence-corrected chi connectivity index (χ3v) is 6.09. The van der Waals surface area contributed by atoms with Crippen LogP contribution >= 0.6 is 8.17 Å². The molecule has 0 bridgehead atoms. The number of benzene rings is 1. The Labute approximate surface area is 171 Å². The Morgan fingerprint density at radius 3 is 2.69 bits per heavy atom. The van der Waals surface area contributed by atoms with Crippen LogP contribution in [0.5, 0.6) is 5.75 Å². The minimum absolute atomic E-state index is 0.00152. The number of hydrogen-bond donors (Lipinski definition) is 3. The van der Waals surface area contributed by atoms with Crippen molar-refractivity contribution in [3.63, 3.8) is 0 Å². The van der Waals surface area contributed by atoms with Crippen LogP contribution in [0.15, 0.2) is 12.1 Å². The predicted molar refractivity (Wildman–Crippen MR) is 107 cm³/mol. The van der Waals surface area contributed by atoms with E-state index in [1.807, 2.05) is 26.0 Å². The van der Waals surface area contributed by atoms with Crippen LogP contribution in [0.4, 0.5) is 0 Å². The molecule has 1 amide bonds. The Balaban J connectivity index is 1.94. The Morgan fingerprint density at radius 2 is 2.03 bits per heavy atom. The second kappa shape index (κ2) is 9.36. The summed E-state index contributed by atoms with van der Waals surface area (Å²) in [6.45, 7) is 7.07. The molecule has 0 unspecified atom stereocenters. The van der Waals surface area contributed by atoms with Gasteiger partial charge in [0.05, 0.1) is 0 Å². The van der Waals surface area contributed by atoms with Crippen molar-refractivity contribution in [1.82, 2.24) is 5.32 Å². The third kappa shape index (κ3) is 6.10. The van der Waals surface area contributed by atoms with Gasteiger partial charge in [0.1, 0.15) is 0 Å². The first-order valence-electron chi connectivity index (χ1n) is 9.29. The van der Waals surface area contributed by atoms with Gasteiger partial charge in [-0.1, -0.05) is 0 Å². The Kier molecular flexibility index (Phi) is 7.59. The van der Waals surface area contributed by atoms with Gasteiger partial charge in [-0.2, -0.15) is 0 Å². The molecule has 0 radical (unpaired) electrons. The van der Waals surface area contributed by atoms with E-state index in [1.54, 1.807) is 13.8 Å². The molecule has 0 aliphatic carbocycles. The van der Waals surface area contributed by atoms with E-state index in [4.69, 9.17) is 13.6 Å². The van der Waals surface area contributed by atoms with E-state index in [1.165, 1.54) is 7.11 Å². The molecule has 3 N–H and O–H groups in total. The molecule has 0 saturated carbocycles. The van der Waals surface area contributed by atoms with Gasteiger partial charge >= 0.3 is 170 Å². The van der Waals surface area contributed by atoms with Crippen molar-refractivity contribution in [2.24, 2.45) is 5.41 Å². The zero-order valence-electron chi connectivity index (χ0n) is 17.4. The molecule has 1 atom stereocenters. The van der Waals surface area contributed by atoms with E-state index >= 15 is 0 Å². The molecular weight excluding hydrogens is 401 g/mol. The number of aryl methyl sites for hydroxylation is 2. The van der Waals surface area contributed by atoms with Crippen molar-refractivity contribution in [2.45, 2.75) is 46.8 Å². The molecule has 1 aliphatic heterocycles. The Morgan fingerprint density at radius 1 is 1.34 bits per heavy atom. The summed E-state index contributed by atoms with van der Waals surface area (Å²) in [5.41, 5.74) is 1.70. The normalized spacial score (nSPS) is 17.5. The van der Waals surface area contributed by atoms with Gasteiger partial charge in [0.25, 0.3) is 0 Å². The predicted octanol–water partition coefficient (Wildman–Crippen LogP) is 1.70. The van der Waals surface area contributed by atoms with Crippen molar-refractivity contribution in [2.75, 3.05) is 20.3 Å². The third-order valence-electron chi connectivity index (χ3n) is 4.61. The average molecular weight is 431 g/mol. The fraction of sp³-hybridized carbons (Fsp3) is 0.579. The molecular formula is C19H30NO8P. The topological polar surface area (TPSA) is 124 Å². The molecule has 0 aromatic heterocycles. The number of aliphatic hydroxyl groups excluding tert-OH is 1. The first-order chi connectivity index (χ1) is 13.5. The van der Waals surface area contributed by atoms with Crippen LogP contribution in [0.25, 0.3) is 0 Å². The number of carbonyl (C=O) groups excluding carboxylic acids is 2. The summed E-state index contributed by atoms with van der Waals surface area (Å²) in [6.07, 6.45) is -1.43. The molecule has 10 heteroatoms. The van der Waals surface area contributed by atoms with Gasteiger partial charge in [-0.05, 0) is 0 Å². The number of nitrogens with one attached hydrogen (secondary N) is 1. The SMILES string of the molecule is COC(=O)CCNC(=O)[C@H](O)C(C)(C)CO[PH]1(O)OCc2cc(C)cc(C)c2O1. The number of hydrogen-bond acceptors (Lipinski definition) is 8. The van der Waals surface area contributed by atoms with E-state index in [0.29, 0.717) is 5.75 Å². The van der Waals surface area contributed by atoms with E-state index in [9.17, 15) is 19.6 Å². The zero-order chi connectivity index (χ0) is 21.8. The molecule has 0 saturated heterocycles. The molecule has 1 aromatic carbocycles. The van der Waals surface area contributed by atoms with Gasteiger partial charge in [0.15, 0.2) is 0 Å². The molecule has 9 nitrogen and oxygen atoms in total. The van der Waals surface area contributed by atoms with Gasteiger partial charge in [0.2, 0.25) is 0 Å². The van der Waals surface area contributed by atoms with Crippen LogP contribution in [-0.2, 0) is 30.0 Å². The molecule has 164 valence electrons. The summed E-state index contributed by atoms with van der Waals surface area (Å²) < 4.78 is 21.2. The van der Waals surface area contributed by atoms with Crippen molar-refractivity contribution in [1.29, 1.82) is 0 Å². The number of rotatable bonds is 8. The number of amides is 1. The maximum absolute atomic E-state index is 12.1. The van der Waals surface area contributed by atoms with Crippen molar-refractivity contribution in [3.05, 3.63) is 28.8 Å². The summed E-state index contributed by atoms with van der Waals surface area (Å²) in [4.78, 5) is 33.9. The van der Waals surface area contributed by atoms with Gasteiger partial charge in [-0.15, -0.1) is 0 Å². The quantitative estimate of drug-likeness (QED) is 0.420. The molecule has 1 heterocycles. The van der Waals surface area contributed by atoms with Crippen LogP contribution in [0.2, 0.25) is 0 Å². The molecule has 0 spiro atoms. The summed E-state index contributed by atoms with van der Waals surface area (Å²) in [5.74, 6) is -0.582. The maximum atomic E-state index is 12.1. The number of esters is 1. The van der Waals surface area contributed by atoms with Crippen LogP contribution in [0.3, 0.4) is 0 Å². The van der Waals surface area contributed by atoms with E-state index < -0.39 is 31.6 Å². The number of carbonyl (C=O) groups is 2.